The Labute approximate surface area is 124 Å². The lowest BCUT2D eigenvalue weighted by Gasteiger charge is -2.17. The van der Waals surface area contributed by atoms with Gasteiger partial charge in [0.15, 0.2) is 0 Å². The minimum atomic E-state index is -0.446. The average molecular weight is 347 g/mol. The number of ether oxygens (including phenoxy) is 2. The fraction of sp³-hybridized carbons (Fsp3) is 0.500. The highest BCUT2D eigenvalue weighted by Crippen LogP contribution is 2.39. The zero-order valence-corrected chi connectivity index (χ0v) is 13.4. The number of anilines is 1. The first kappa shape index (κ1) is 16.0. The van der Waals surface area contributed by atoms with Crippen LogP contribution in [-0.2, 0) is 9.47 Å². The van der Waals surface area contributed by atoms with E-state index >= 15 is 0 Å². The molecule has 0 saturated heterocycles. The number of carbonyl (C=O) groups is 1. The molecule has 0 aromatic carbocycles. The molecule has 0 aliphatic heterocycles. The molecule has 0 atom stereocenters. The van der Waals surface area contributed by atoms with Crippen LogP contribution in [0.15, 0.2) is 4.47 Å². The minimum Gasteiger partial charge on any atom is -0.465 e. The van der Waals surface area contributed by atoms with E-state index in [2.05, 4.69) is 22.0 Å². The highest BCUT2D eigenvalue weighted by molar-refractivity contribution is 9.10. The van der Waals surface area contributed by atoms with E-state index in [0.29, 0.717) is 34.7 Å². The third-order valence-corrected chi connectivity index (χ3v) is 4.78. The van der Waals surface area contributed by atoms with E-state index in [9.17, 15) is 10.1 Å². The largest absolute Gasteiger partial charge is 0.465 e. The van der Waals surface area contributed by atoms with Crippen LogP contribution in [0.2, 0.25) is 0 Å². The summed E-state index contributed by atoms with van der Waals surface area (Å²) in [5, 5.41) is 9.94. The van der Waals surface area contributed by atoms with Gasteiger partial charge in [-0.25, -0.2) is 4.79 Å². The fourth-order valence-electron chi connectivity index (χ4n) is 1.44. The van der Waals surface area contributed by atoms with E-state index in [1.54, 1.807) is 0 Å². The van der Waals surface area contributed by atoms with Crippen LogP contribution in [0.25, 0.3) is 0 Å². The van der Waals surface area contributed by atoms with Crippen molar-refractivity contribution in [2.75, 3.05) is 38.8 Å². The third kappa shape index (κ3) is 3.69. The lowest BCUT2D eigenvalue weighted by molar-refractivity contribution is 0.0605. The molecular weight excluding hydrogens is 332 g/mol. The Morgan fingerprint density at radius 2 is 2.26 bits per heavy atom. The van der Waals surface area contributed by atoms with Crippen LogP contribution in [0.3, 0.4) is 0 Å². The molecule has 7 heteroatoms. The van der Waals surface area contributed by atoms with E-state index in [0.717, 1.165) is 5.00 Å². The van der Waals surface area contributed by atoms with Gasteiger partial charge >= 0.3 is 5.97 Å². The Balaban J connectivity index is 3.00. The van der Waals surface area contributed by atoms with Crippen LogP contribution < -0.4 is 4.90 Å². The number of nitriles is 1. The first-order chi connectivity index (χ1) is 9.06. The van der Waals surface area contributed by atoms with Gasteiger partial charge in [0.05, 0.1) is 18.2 Å². The van der Waals surface area contributed by atoms with Crippen LogP contribution in [0.5, 0.6) is 0 Å². The molecule has 0 bridgehead atoms. The van der Waals surface area contributed by atoms with Gasteiger partial charge in [0.1, 0.15) is 21.5 Å². The standard InChI is InChI=1S/C12H15BrN2O3S/c1-4-18-6-5-15(2)11-8(7-14)9(13)10(19-11)12(16)17-3/h4-6H2,1-3H3. The van der Waals surface area contributed by atoms with E-state index in [1.807, 2.05) is 18.9 Å². The molecule has 0 spiro atoms. The predicted octanol–water partition coefficient (Wildman–Crippen LogP) is 2.64. The van der Waals surface area contributed by atoms with Crippen LogP contribution in [-0.4, -0.2) is 39.9 Å². The maximum Gasteiger partial charge on any atom is 0.349 e. The summed E-state index contributed by atoms with van der Waals surface area (Å²) < 4.78 is 10.5. The van der Waals surface area contributed by atoms with Crippen molar-refractivity contribution >= 4 is 38.2 Å². The molecule has 0 amide bonds. The second-order valence-corrected chi connectivity index (χ2v) is 5.44. The Hall–Kier alpha value is -1.10. The molecular formula is C12H15BrN2O3S. The Kier molecular flexibility index (Phi) is 6.28. The fourth-order valence-corrected chi connectivity index (χ4v) is 3.30. The highest BCUT2D eigenvalue weighted by atomic mass is 79.9. The molecule has 1 aromatic rings. The molecule has 0 fully saturated rings. The smallest absolute Gasteiger partial charge is 0.349 e. The molecule has 5 nitrogen and oxygen atoms in total. The molecule has 0 aliphatic rings. The molecule has 1 heterocycles. The van der Waals surface area contributed by atoms with Gasteiger partial charge in [-0.3, -0.25) is 0 Å². The van der Waals surface area contributed by atoms with Crippen LogP contribution in [0.4, 0.5) is 5.00 Å². The van der Waals surface area contributed by atoms with Crippen molar-refractivity contribution in [3.8, 4) is 6.07 Å². The zero-order chi connectivity index (χ0) is 14.4. The molecule has 19 heavy (non-hydrogen) atoms. The Morgan fingerprint density at radius 1 is 1.58 bits per heavy atom. The summed E-state index contributed by atoms with van der Waals surface area (Å²) in [5.41, 5.74) is 0.449. The number of hydrogen-bond acceptors (Lipinski definition) is 6. The maximum atomic E-state index is 11.6. The van der Waals surface area contributed by atoms with Crippen molar-refractivity contribution in [2.45, 2.75) is 6.92 Å². The first-order valence-corrected chi connectivity index (χ1v) is 7.27. The van der Waals surface area contributed by atoms with Gasteiger partial charge in [-0.15, -0.1) is 11.3 Å². The number of likely N-dealkylation sites (N-methyl/N-ethyl adjacent to an activating group) is 1. The van der Waals surface area contributed by atoms with Crippen LogP contribution in [0, 0.1) is 11.3 Å². The molecule has 1 rings (SSSR count). The summed E-state index contributed by atoms with van der Waals surface area (Å²) in [6, 6.07) is 2.11. The van der Waals surface area contributed by atoms with Gasteiger partial charge in [-0.1, -0.05) is 0 Å². The quantitative estimate of drug-likeness (QED) is 0.585. The van der Waals surface area contributed by atoms with E-state index in [4.69, 9.17) is 9.47 Å². The number of carbonyl (C=O) groups excluding carboxylic acids is 1. The van der Waals surface area contributed by atoms with Crippen LogP contribution >= 0.6 is 27.3 Å². The van der Waals surface area contributed by atoms with E-state index in [1.165, 1.54) is 18.4 Å². The average Bonchev–Trinajstić information content (AvgIpc) is 2.75. The molecule has 0 radical (unpaired) electrons. The van der Waals surface area contributed by atoms with Gasteiger partial charge in [0, 0.05) is 20.2 Å². The molecule has 104 valence electrons. The second kappa shape index (κ2) is 7.48. The molecule has 1 aromatic heterocycles. The molecule has 0 N–H and O–H groups in total. The number of rotatable bonds is 6. The van der Waals surface area contributed by atoms with Gasteiger partial charge in [0.2, 0.25) is 0 Å². The summed E-state index contributed by atoms with van der Waals surface area (Å²) >= 11 is 4.52. The summed E-state index contributed by atoms with van der Waals surface area (Å²) in [7, 11) is 3.18. The van der Waals surface area contributed by atoms with Crippen molar-refractivity contribution in [2.24, 2.45) is 0 Å². The summed E-state index contributed by atoms with van der Waals surface area (Å²) in [6.45, 7) is 3.80. The Bertz CT molecular complexity index is 496. The number of methoxy groups -OCH3 is 1. The highest BCUT2D eigenvalue weighted by Gasteiger charge is 2.23. The number of esters is 1. The van der Waals surface area contributed by atoms with Crippen molar-refractivity contribution in [3.05, 3.63) is 14.9 Å². The van der Waals surface area contributed by atoms with Gasteiger partial charge in [-0.2, -0.15) is 5.26 Å². The summed E-state index contributed by atoms with van der Waals surface area (Å²) in [5.74, 6) is -0.446. The van der Waals surface area contributed by atoms with E-state index < -0.39 is 5.97 Å². The van der Waals surface area contributed by atoms with Gasteiger partial charge < -0.3 is 14.4 Å². The van der Waals surface area contributed by atoms with Crippen molar-refractivity contribution < 1.29 is 14.3 Å². The SMILES string of the molecule is CCOCCN(C)c1sc(C(=O)OC)c(Br)c1C#N. The molecule has 0 aliphatic carbocycles. The maximum absolute atomic E-state index is 11.6. The summed E-state index contributed by atoms with van der Waals surface area (Å²) in [4.78, 5) is 13.9. The normalized spacial score (nSPS) is 10.1. The van der Waals surface area contributed by atoms with Crippen molar-refractivity contribution in [1.29, 1.82) is 5.26 Å². The van der Waals surface area contributed by atoms with Crippen LogP contribution in [0.1, 0.15) is 22.2 Å². The van der Waals surface area contributed by atoms with Gasteiger partial charge in [0.25, 0.3) is 0 Å². The first-order valence-electron chi connectivity index (χ1n) is 5.66. The Morgan fingerprint density at radius 3 is 2.79 bits per heavy atom. The number of nitrogens with zero attached hydrogens (tertiary/aromatic N) is 2. The number of hydrogen-bond donors (Lipinski definition) is 0. The van der Waals surface area contributed by atoms with Crippen molar-refractivity contribution in [3.63, 3.8) is 0 Å². The predicted molar refractivity (Wildman–Crippen MR) is 77.8 cm³/mol. The van der Waals surface area contributed by atoms with Crippen molar-refractivity contribution in [1.82, 2.24) is 0 Å². The topological polar surface area (TPSA) is 62.6 Å². The molecule has 0 saturated carbocycles. The van der Waals surface area contributed by atoms with Gasteiger partial charge in [-0.05, 0) is 22.9 Å². The molecule has 0 unspecified atom stereocenters. The third-order valence-electron chi connectivity index (χ3n) is 2.44. The number of halogens is 1. The summed E-state index contributed by atoms with van der Waals surface area (Å²) in [6.07, 6.45) is 0. The lowest BCUT2D eigenvalue weighted by Crippen LogP contribution is -2.22. The zero-order valence-electron chi connectivity index (χ0n) is 11.0. The second-order valence-electron chi connectivity index (χ2n) is 3.65. The monoisotopic (exact) mass is 346 g/mol. The minimum absolute atomic E-state index is 0.400. The number of thiophene rings is 1. The van der Waals surface area contributed by atoms with E-state index in [-0.39, 0.29) is 0 Å². The lowest BCUT2D eigenvalue weighted by atomic mass is 10.3.